The first-order chi connectivity index (χ1) is 8.70. The van der Waals surface area contributed by atoms with Crippen molar-refractivity contribution in [2.45, 2.75) is 19.3 Å². The number of aromatic nitrogens is 3. The molecule has 2 aromatic rings. The van der Waals surface area contributed by atoms with E-state index in [-0.39, 0.29) is 5.82 Å². The van der Waals surface area contributed by atoms with Crippen LogP contribution >= 0.6 is 0 Å². The summed E-state index contributed by atoms with van der Waals surface area (Å²) in [6.45, 7) is 0.555. The molecule has 1 aromatic heterocycles. The number of hydrogen-bond acceptors (Lipinski definition) is 3. The standard InChI is InChI=1S/C13H17FN4/c1-18-13(8-9-15)16-12(17-18)7-6-10-4-2-3-5-11(10)14/h2-5H,6-9,15H2,1H3. The van der Waals surface area contributed by atoms with Crippen LogP contribution in [0, 0.1) is 5.82 Å². The Hall–Kier alpha value is -1.75. The molecule has 0 aliphatic heterocycles. The van der Waals surface area contributed by atoms with Crippen LogP contribution in [0.5, 0.6) is 0 Å². The van der Waals surface area contributed by atoms with Gasteiger partial charge in [-0.15, -0.1) is 0 Å². The third-order valence-electron chi connectivity index (χ3n) is 2.84. The maximum absolute atomic E-state index is 13.4. The van der Waals surface area contributed by atoms with Gasteiger partial charge in [-0.2, -0.15) is 5.10 Å². The van der Waals surface area contributed by atoms with E-state index in [1.165, 1.54) is 6.07 Å². The van der Waals surface area contributed by atoms with Gasteiger partial charge in [0, 0.05) is 19.9 Å². The average molecular weight is 248 g/mol. The van der Waals surface area contributed by atoms with E-state index in [2.05, 4.69) is 10.1 Å². The topological polar surface area (TPSA) is 56.7 Å². The molecule has 0 spiro atoms. The van der Waals surface area contributed by atoms with E-state index >= 15 is 0 Å². The Kier molecular flexibility index (Phi) is 4.04. The molecule has 0 aliphatic rings. The lowest BCUT2D eigenvalue weighted by Gasteiger charge is -1.99. The minimum Gasteiger partial charge on any atom is -0.330 e. The summed E-state index contributed by atoms with van der Waals surface area (Å²) in [5.74, 6) is 1.45. The molecule has 0 saturated carbocycles. The molecule has 18 heavy (non-hydrogen) atoms. The Morgan fingerprint density at radius 2 is 2.00 bits per heavy atom. The zero-order valence-corrected chi connectivity index (χ0v) is 10.4. The molecule has 2 rings (SSSR count). The highest BCUT2D eigenvalue weighted by molar-refractivity contribution is 5.18. The Bertz CT molecular complexity index is 521. The van der Waals surface area contributed by atoms with E-state index in [0.717, 1.165) is 11.6 Å². The van der Waals surface area contributed by atoms with Crippen LogP contribution in [0.3, 0.4) is 0 Å². The van der Waals surface area contributed by atoms with Gasteiger partial charge in [-0.05, 0) is 24.6 Å². The molecule has 4 nitrogen and oxygen atoms in total. The first-order valence-corrected chi connectivity index (χ1v) is 6.03. The van der Waals surface area contributed by atoms with Crippen molar-refractivity contribution in [3.05, 3.63) is 47.3 Å². The summed E-state index contributed by atoms with van der Waals surface area (Å²) in [5, 5.41) is 4.30. The van der Waals surface area contributed by atoms with E-state index in [4.69, 9.17) is 5.73 Å². The van der Waals surface area contributed by atoms with Gasteiger partial charge < -0.3 is 5.73 Å². The molecule has 0 radical (unpaired) electrons. The molecular formula is C13H17FN4. The molecule has 0 bridgehead atoms. The van der Waals surface area contributed by atoms with Crippen molar-refractivity contribution in [2.75, 3.05) is 6.54 Å². The Balaban J connectivity index is 2.02. The lowest BCUT2D eigenvalue weighted by Crippen LogP contribution is -2.08. The summed E-state index contributed by atoms with van der Waals surface area (Å²) < 4.78 is 15.2. The van der Waals surface area contributed by atoms with Gasteiger partial charge in [-0.3, -0.25) is 4.68 Å². The molecule has 96 valence electrons. The third-order valence-corrected chi connectivity index (χ3v) is 2.84. The summed E-state index contributed by atoms with van der Waals surface area (Å²) in [4.78, 5) is 4.39. The molecule has 0 amide bonds. The normalized spacial score (nSPS) is 10.8. The first-order valence-electron chi connectivity index (χ1n) is 6.03. The van der Waals surface area contributed by atoms with E-state index in [0.29, 0.717) is 31.4 Å². The molecule has 0 atom stereocenters. The predicted molar refractivity (Wildman–Crippen MR) is 67.6 cm³/mol. The van der Waals surface area contributed by atoms with Crippen molar-refractivity contribution in [1.82, 2.24) is 14.8 Å². The van der Waals surface area contributed by atoms with Crippen LogP contribution in [0.25, 0.3) is 0 Å². The van der Waals surface area contributed by atoms with Gasteiger partial charge in [0.15, 0.2) is 5.82 Å². The Labute approximate surface area is 106 Å². The van der Waals surface area contributed by atoms with Crippen molar-refractivity contribution in [3.8, 4) is 0 Å². The van der Waals surface area contributed by atoms with Crippen LogP contribution in [0.1, 0.15) is 17.2 Å². The lowest BCUT2D eigenvalue weighted by molar-refractivity contribution is 0.606. The van der Waals surface area contributed by atoms with Crippen molar-refractivity contribution in [3.63, 3.8) is 0 Å². The molecule has 2 N–H and O–H groups in total. The van der Waals surface area contributed by atoms with Crippen molar-refractivity contribution in [1.29, 1.82) is 0 Å². The molecule has 5 heteroatoms. The van der Waals surface area contributed by atoms with E-state index in [1.807, 2.05) is 13.1 Å². The predicted octanol–water partition coefficient (Wildman–Crippen LogP) is 1.24. The molecular weight excluding hydrogens is 231 g/mol. The van der Waals surface area contributed by atoms with E-state index in [9.17, 15) is 4.39 Å². The van der Waals surface area contributed by atoms with E-state index in [1.54, 1.807) is 16.8 Å². The van der Waals surface area contributed by atoms with E-state index < -0.39 is 0 Å². The van der Waals surface area contributed by atoms with Crippen LogP contribution in [0.15, 0.2) is 24.3 Å². The number of benzene rings is 1. The maximum Gasteiger partial charge on any atom is 0.151 e. The second-order valence-corrected chi connectivity index (χ2v) is 4.20. The second-order valence-electron chi connectivity index (χ2n) is 4.20. The summed E-state index contributed by atoms with van der Waals surface area (Å²) in [7, 11) is 1.85. The van der Waals surface area contributed by atoms with Crippen LogP contribution in [-0.4, -0.2) is 21.3 Å². The van der Waals surface area contributed by atoms with Crippen LogP contribution in [0.4, 0.5) is 4.39 Å². The number of nitrogens with zero attached hydrogens (tertiary/aromatic N) is 3. The van der Waals surface area contributed by atoms with Gasteiger partial charge >= 0.3 is 0 Å². The van der Waals surface area contributed by atoms with Crippen molar-refractivity contribution < 1.29 is 4.39 Å². The lowest BCUT2D eigenvalue weighted by atomic mass is 10.1. The number of hydrogen-bond donors (Lipinski definition) is 1. The van der Waals surface area contributed by atoms with Crippen LogP contribution < -0.4 is 5.73 Å². The monoisotopic (exact) mass is 248 g/mol. The molecule has 0 saturated heterocycles. The first kappa shape index (κ1) is 12.7. The Morgan fingerprint density at radius 1 is 1.22 bits per heavy atom. The Morgan fingerprint density at radius 3 is 2.72 bits per heavy atom. The maximum atomic E-state index is 13.4. The zero-order chi connectivity index (χ0) is 13.0. The number of aryl methyl sites for hydroxylation is 3. The van der Waals surface area contributed by atoms with Crippen molar-refractivity contribution in [2.24, 2.45) is 12.8 Å². The smallest absolute Gasteiger partial charge is 0.151 e. The largest absolute Gasteiger partial charge is 0.330 e. The molecule has 1 aromatic carbocycles. The van der Waals surface area contributed by atoms with Gasteiger partial charge in [0.05, 0.1) is 0 Å². The van der Waals surface area contributed by atoms with Gasteiger partial charge in [0.25, 0.3) is 0 Å². The highest BCUT2D eigenvalue weighted by atomic mass is 19.1. The summed E-state index contributed by atoms with van der Waals surface area (Å²) in [5.41, 5.74) is 6.19. The number of halogens is 1. The fraction of sp³-hybridized carbons (Fsp3) is 0.385. The molecule has 0 fully saturated rings. The summed E-state index contributed by atoms with van der Waals surface area (Å²) in [6, 6.07) is 6.79. The number of rotatable bonds is 5. The highest BCUT2D eigenvalue weighted by Gasteiger charge is 2.08. The SMILES string of the molecule is Cn1nc(CCc2ccccc2F)nc1CCN. The fourth-order valence-corrected chi connectivity index (χ4v) is 1.87. The van der Waals surface area contributed by atoms with Gasteiger partial charge in [0.2, 0.25) is 0 Å². The van der Waals surface area contributed by atoms with Crippen LogP contribution in [-0.2, 0) is 26.3 Å². The van der Waals surface area contributed by atoms with Gasteiger partial charge in [0.1, 0.15) is 11.6 Å². The minimum absolute atomic E-state index is 0.171. The fourth-order valence-electron chi connectivity index (χ4n) is 1.87. The highest BCUT2D eigenvalue weighted by Crippen LogP contribution is 2.09. The van der Waals surface area contributed by atoms with Gasteiger partial charge in [-0.1, -0.05) is 18.2 Å². The summed E-state index contributed by atoms with van der Waals surface area (Å²) in [6.07, 6.45) is 1.96. The van der Waals surface area contributed by atoms with Gasteiger partial charge in [-0.25, -0.2) is 9.37 Å². The molecule has 0 unspecified atom stereocenters. The summed E-state index contributed by atoms with van der Waals surface area (Å²) >= 11 is 0. The number of nitrogens with two attached hydrogens (primary N) is 1. The van der Waals surface area contributed by atoms with Crippen LogP contribution in [0.2, 0.25) is 0 Å². The average Bonchev–Trinajstić information content (AvgIpc) is 2.70. The van der Waals surface area contributed by atoms with Crippen molar-refractivity contribution >= 4 is 0 Å². The zero-order valence-electron chi connectivity index (χ0n) is 10.4. The molecule has 1 heterocycles. The third kappa shape index (κ3) is 2.92. The quantitative estimate of drug-likeness (QED) is 0.866. The second kappa shape index (κ2) is 5.73. The minimum atomic E-state index is -0.171. The molecule has 0 aliphatic carbocycles.